The smallest absolute Gasteiger partial charge is 0.252 e. The van der Waals surface area contributed by atoms with Crippen LogP contribution in [-0.4, -0.2) is 27.2 Å². The van der Waals surface area contributed by atoms with Crippen LogP contribution in [0.1, 0.15) is 46.6 Å². The van der Waals surface area contributed by atoms with E-state index in [1.54, 1.807) is 4.68 Å². The number of carbonyl (C=O) groups is 1. The topological polar surface area (TPSA) is 59.8 Å². The second-order valence-corrected chi connectivity index (χ2v) is 7.40. The fraction of sp³-hybridized carbons (Fsp3) is 0.381. The maximum absolute atomic E-state index is 13.0. The highest BCUT2D eigenvalue weighted by Crippen LogP contribution is 2.43. The quantitative estimate of drug-likeness (QED) is 0.786. The Kier molecular flexibility index (Phi) is 4.02. The minimum absolute atomic E-state index is 0.0428. The molecule has 0 saturated heterocycles. The molecule has 3 aromatic rings. The average Bonchev–Trinajstić information content (AvgIpc) is 2.88. The van der Waals surface area contributed by atoms with Crippen LogP contribution >= 0.6 is 0 Å². The van der Waals surface area contributed by atoms with Crippen molar-refractivity contribution < 1.29 is 4.79 Å². The lowest BCUT2D eigenvalue weighted by molar-refractivity contribution is 0.0929. The van der Waals surface area contributed by atoms with E-state index in [-0.39, 0.29) is 11.3 Å². The number of pyridine rings is 1. The number of nitrogens with one attached hydrogen (secondary N) is 1. The Balaban J connectivity index is 1.62. The fourth-order valence-corrected chi connectivity index (χ4v) is 4.06. The number of carbonyl (C=O) groups excluding carboxylic acids is 1. The molecule has 0 unspecified atom stereocenters. The van der Waals surface area contributed by atoms with Crippen LogP contribution in [0.5, 0.6) is 0 Å². The summed E-state index contributed by atoms with van der Waals surface area (Å²) in [5.41, 5.74) is 4.48. The molecule has 134 valence electrons. The summed E-state index contributed by atoms with van der Waals surface area (Å²) in [6.07, 6.45) is 3.45. The summed E-state index contributed by atoms with van der Waals surface area (Å²) in [7, 11) is 1.86. The third kappa shape index (κ3) is 2.68. The number of amides is 1. The fourth-order valence-electron chi connectivity index (χ4n) is 4.06. The Hall–Kier alpha value is -2.69. The molecule has 1 saturated carbocycles. The van der Waals surface area contributed by atoms with Gasteiger partial charge in [0.05, 0.1) is 16.6 Å². The van der Waals surface area contributed by atoms with Gasteiger partial charge in [0.2, 0.25) is 0 Å². The normalized spacial score (nSPS) is 15.7. The van der Waals surface area contributed by atoms with E-state index < -0.39 is 0 Å². The summed E-state index contributed by atoms with van der Waals surface area (Å²) in [5, 5.41) is 8.47. The monoisotopic (exact) mass is 348 g/mol. The zero-order valence-electron chi connectivity index (χ0n) is 15.5. The average molecular weight is 348 g/mol. The molecule has 0 bridgehead atoms. The zero-order valence-corrected chi connectivity index (χ0v) is 15.5. The van der Waals surface area contributed by atoms with Gasteiger partial charge in [-0.15, -0.1) is 0 Å². The number of rotatable bonds is 4. The minimum Gasteiger partial charge on any atom is -0.351 e. The van der Waals surface area contributed by atoms with E-state index in [0.29, 0.717) is 12.1 Å². The third-order valence-corrected chi connectivity index (χ3v) is 5.63. The van der Waals surface area contributed by atoms with Crippen molar-refractivity contribution in [2.75, 3.05) is 6.54 Å². The maximum atomic E-state index is 13.0. The number of aryl methyl sites for hydroxylation is 3. The standard InChI is InChI=1S/C21H24N4O/c1-14-12-17(18-15(2)24-25(3)19(18)23-14)20(26)22-13-21(10-7-11-21)16-8-5-4-6-9-16/h4-6,8-9,12H,7,10-11,13H2,1-3H3,(H,22,26). The SMILES string of the molecule is Cc1cc(C(=O)NCC2(c3ccccc3)CCC2)c2c(C)nn(C)c2n1. The summed E-state index contributed by atoms with van der Waals surface area (Å²) in [6.45, 7) is 4.50. The van der Waals surface area contributed by atoms with Crippen molar-refractivity contribution in [3.8, 4) is 0 Å². The Morgan fingerprint density at radius 2 is 1.96 bits per heavy atom. The molecule has 0 radical (unpaired) electrons. The van der Waals surface area contributed by atoms with Gasteiger partial charge in [-0.25, -0.2) is 4.98 Å². The number of fused-ring (bicyclic) bond motifs is 1. The van der Waals surface area contributed by atoms with E-state index in [4.69, 9.17) is 0 Å². The van der Waals surface area contributed by atoms with E-state index in [9.17, 15) is 4.79 Å². The summed E-state index contributed by atoms with van der Waals surface area (Å²) in [5.74, 6) is -0.0428. The minimum atomic E-state index is -0.0428. The van der Waals surface area contributed by atoms with Crippen molar-refractivity contribution in [2.45, 2.75) is 38.5 Å². The zero-order chi connectivity index (χ0) is 18.3. The van der Waals surface area contributed by atoms with Gasteiger partial charge in [-0.3, -0.25) is 9.48 Å². The molecule has 0 aliphatic heterocycles. The molecular formula is C21H24N4O. The molecular weight excluding hydrogens is 324 g/mol. The lowest BCUT2D eigenvalue weighted by Gasteiger charge is -2.42. The summed E-state index contributed by atoms with van der Waals surface area (Å²) in [6, 6.07) is 12.4. The van der Waals surface area contributed by atoms with Gasteiger partial charge in [0.15, 0.2) is 5.65 Å². The molecule has 0 atom stereocenters. The van der Waals surface area contributed by atoms with E-state index in [0.717, 1.165) is 35.3 Å². The molecule has 1 aliphatic carbocycles. The van der Waals surface area contributed by atoms with Crippen molar-refractivity contribution in [3.63, 3.8) is 0 Å². The molecule has 26 heavy (non-hydrogen) atoms. The summed E-state index contributed by atoms with van der Waals surface area (Å²) < 4.78 is 1.74. The van der Waals surface area contributed by atoms with Crippen LogP contribution in [0.3, 0.4) is 0 Å². The number of benzene rings is 1. The van der Waals surface area contributed by atoms with E-state index in [1.807, 2.05) is 33.0 Å². The van der Waals surface area contributed by atoms with Crippen LogP contribution < -0.4 is 5.32 Å². The maximum Gasteiger partial charge on any atom is 0.252 e. The highest BCUT2D eigenvalue weighted by Gasteiger charge is 2.38. The molecule has 1 aromatic carbocycles. The highest BCUT2D eigenvalue weighted by atomic mass is 16.1. The lowest BCUT2D eigenvalue weighted by Crippen LogP contribution is -2.45. The molecule has 0 spiro atoms. The molecule has 2 heterocycles. The number of nitrogens with zero attached hydrogens (tertiary/aromatic N) is 3. The van der Waals surface area contributed by atoms with Crippen molar-refractivity contribution >= 4 is 16.9 Å². The highest BCUT2D eigenvalue weighted by molar-refractivity contribution is 6.06. The largest absolute Gasteiger partial charge is 0.351 e. The van der Waals surface area contributed by atoms with Crippen LogP contribution in [-0.2, 0) is 12.5 Å². The molecule has 2 aromatic heterocycles. The second kappa shape index (κ2) is 6.24. The Morgan fingerprint density at radius 1 is 1.23 bits per heavy atom. The van der Waals surface area contributed by atoms with Gasteiger partial charge in [0, 0.05) is 24.7 Å². The first-order valence-corrected chi connectivity index (χ1v) is 9.15. The first-order valence-electron chi connectivity index (χ1n) is 9.15. The van der Waals surface area contributed by atoms with Gasteiger partial charge in [-0.05, 0) is 38.3 Å². The lowest BCUT2D eigenvalue weighted by atomic mass is 9.64. The summed E-state index contributed by atoms with van der Waals surface area (Å²) >= 11 is 0. The van der Waals surface area contributed by atoms with E-state index >= 15 is 0 Å². The van der Waals surface area contributed by atoms with Gasteiger partial charge in [-0.1, -0.05) is 36.8 Å². The van der Waals surface area contributed by atoms with Crippen molar-refractivity contribution in [3.05, 3.63) is 58.9 Å². The number of hydrogen-bond donors (Lipinski definition) is 1. The van der Waals surface area contributed by atoms with Crippen LogP contribution in [0.25, 0.3) is 11.0 Å². The van der Waals surface area contributed by atoms with Gasteiger partial charge in [0.25, 0.3) is 5.91 Å². The van der Waals surface area contributed by atoms with Crippen molar-refractivity contribution in [2.24, 2.45) is 7.05 Å². The summed E-state index contributed by atoms with van der Waals surface area (Å²) in [4.78, 5) is 17.6. The van der Waals surface area contributed by atoms with Gasteiger partial charge in [-0.2, -0.15) is 5.10 Å². The van der Waals surface area contributed by atoms with Crippen LogP contribution in [0.15, 0.2) is 36.4 Å². The van der Waals surface area contributed by atoms with Gasteiger partial charge >= 0.3 is 0 Å². The predicted molar refractivity (Wildman–Crippen MR) is 102 cm³/mol. The molecule has 5 heteroatoms. The Labute approximate surface area is 153 Å². The molecule has 1 amide bonds. The number of hydrogen-bond acceptors (Lipinski definition) is 3. The number of aromatic nitrogens is 3. The van der Waals surface area contributed by atoms with Crippen molar-refractivity contribution in [1.29, 1.82) is 0 Å². The molecule has 1 fully saturated rings. The van der Waals surface area contributed by atoms with Crippen LogP contribution in [0.2, 0.25) is 0 Å². The molecule has 5 nitrogen and oxygen atoms in total. The Morgan fingerprint density at radius 3 is 2.62 bits per heavy atom. The Bertz CT molecular complexity index is 971. The first kappa shape index (κ1) is 16.8. The second-order valence-electron chi connectivity index (χ2n) is 7.40. The van der Waals surface area contributed by atoms with Gasteiger partial charge < -0.3 is 5.32 Å². The third-order valence-electron chi connectivity index (χ3n) is 5.63. The first-order chi connectivity index (χ1) is 12.5. The van der Waals surface area contributed by atoms with Crippen molar-refractivity contribution in [1.82, 2.24) is 20.1 Å². The van der Waals surface area contributed by atoms with Gasteiger partial charge in [0.1, 0.15) is 0 Å². The van der Waals surface area contributed by atoms with E-state index in [1.165, 1.54) is 12.0 Å². The predicted octanol–water partition coefficient (Wildman–Crippen LogP) is 3.44. The van der Waals surface area contributed by atoms with Crippen LogP contribution in [0, 0.1) is 13.8 Å². The van der Waals surface area contributed by atoms with Crippen LogP contribution in [0.4, 0.5) is 0 Å². The van der Waals surface area contributed by atoms with E-state index in [2.05, 4.69) is 39.7 Å². The molecule has 4 rings (SSSR count). The molecule has 1 aliphatic rings. The molecule has 1 N–H and O–H groups in total.